The van der Waals surface area contributed by atoms with Gasteiger partial charge >= 0.3 is 0 Å². The van der Waals surface area contributed by atoms with Crippen molar-refractivity contribution >= 4 is 10.8 Å². The molecule has 0 aliphatic carbocycles. The second kappa shape index (κ2) is 4.61. The molecule has 0 aliphatic rings. The molecule has 0 unspecified atom stereocenters. The standard InChI is InChI=1S/C17H15N/c1-13-10-15(11-14-6-8-18-9-7-14)12-16-4-2-3-5-17(13)16/h2-10,12H,11H2,1H3. The van der Waals surface area contributed by atoms with Crippen LogP contribution >= 0.6 is 0 Å². The molecule has 88 valence electrons. The first-order chi connectivity index (χ1) is 8.83. The summed E-state index contributed by atoms with van der Waals surface area (Å²) >= 11 is 0. The zero-order valence-corrected chi connectivity index (χ0v) is 10.4. The molecule has 18 heavy (non-hydrogen) atoms. The normalized spacial score (nSPS) is 10.7. The Morgan fingerprint density at radius 1 is 0.889 bits per heavy atom. The highest BCUT2D eigenvalue weighted by Crippen LogP contribution is 2.21. The topological polar surface area (TPSA) is 12.9 Å². The predicted molar refractivity (Wildman–Crippen MR) is 75.7 cm³/mol. The van der Waals surface area contributed by atoms with E-state index in [1.54, 1.807) is 0 Å². The van der Waals surface area contributed by atoms with E-state index in [9.17, 15) is 0 Å². The van der Waals surface area contributed by atoms with Gasteiger partial charge in [0.05, 0.1) is 0 Å². The number of fused-ring (bicyclic) bond motifs is 1. The molecule has 1 aromatic heterocycles. The van der Waals surface area contributed by atoms with E-state index in [0.717, 1.165) is 6.42 Å². The molecule has 0 amide bonds. The first-order valence-electron chi connectivity index (χ1n) is 6.20. The Morgan fingerprint density at radius 2 is 1.67 bits per heavy atom. The number of aryl methyl sites for hydroxylation is 1. The van der Waals surface area contributed by atoms with Crippen LogP contribution in [0.1, 0.15) is 16.7 Å². The van der Waals surface area contributed by atoms with Gasteiger partial charge in [-0.1, -0.05) is 36.4 Å². The van der Waals surface area contributed by atoms with Gasteiger partial charge < -0.3 is 0 Å². The first kappa shape index (κ1) is 11.0. The quantitative estimate of drug-likeness (QED) is 0.648. The third kappa shape index (κ3) is 2.12. The molecule has 2 aromatic carbocycles. The largest absolute Gasteiger partial charge is 0.265 e. The molecule has 0 fully saturated rings. The van der Waals surface area contributed by atoms with Crippen molar-refractivity contribution in [2.75, 3.05) is 0 Å². The number of hydrogen-bond acceptors (Lipinski definition) is 1. The van der Waals surface area contributed by atoms with E-state index in [2.05, 4.69) is 60.4 Å². The number of aromatic nitrogens is 1. The zero-order valence-electron chi connectivity index (χ0n) is 10.4. The van der Waals surface area contributed by atoms with E-state index in [0.29, 0.717) is 0 Å². The third-order valence-corrected chi connectivity index (χ3v) is 3.29. The Kier molecular flexibility index (Phi) is 2.81. The fraction of sp³-hybridized carbons (Fsp3) is 0.118. The van der Waals surface area contributed by atoms with Crippen LogP contribution in [0.2, 0.25) is 0 Å². The van der Waals surface area contributed by atoms with E-state index in [-0.39, 0.29) is 0 Å². The molecule has 0 aliphatic heterocycles. The Bertz CT molecular complexity index is 672. The highest BCUT2D eigenvalue weighted by atomic mass is 14.6. The Morgan fingerprint density at radius 3 is 2.50 bits per heavy atom. The van der Waals surface area contributed by atoms with E-state index in [1.165, 1.54) is 27.5 Å². The lowest BCUT2D eigenvalue weighted by molar-refractivity contribution is 1.16. The van der Waals surface area contributed by atoms with Crippen molar-refractivity contribution < 1.29 is 0 Å². The Labute approximate surface area is 107 Å². The second-order valence-electron chi connectivity index (χ2n) is 4.67. The van der Waals surface area contributed by atoms with Gasteiger partial charge in [0.2, 0.25) is 0 Å². The third-order valence-electron chi connectivity index (χ3n) is 3.29. The van der Waals surface area contributed by atoms with Crippen molar-refractivity contribution in [1.29, 1.82) is 0 Å². The fourth-order valence-corrected chi connectivity index (χ4v) is 2.42. The van der Waals surface area contributed by atoms with Gasteiger partial charge in [-0.2, -0.15) is 0 Å². The van der Waals surface area contributed by atoms with Crippen LogP contribution in [0.3, 0.4) is 0 Å². The van der Waals surface area contributed by atoms with Gasteiger partial charge in [0.15, 0.2) is 0 Å². The first-order valence-corrected chi connectivity index (χ1v) is 6.20. The molecular weight excluding hydrogens is 218 g/mol. The van der Waals surface area contributed by atoms with Crippen LogP contribution in [-0.4, -0.2) is 4.98 Å². The number of pyridine rings is 1. The van der Waals surface area contributed by atoms with Crippen LogP contribution in [0, 0.1) is 6.92 Å². The van der Waals surface area contributed by atoms with Crippen LogP contribution in [-0.2, 0) is 6.42 Å². The molecule has 0 N–H and O–H groups in total. The molecule has 0 saturated heterocycles. The van der Waals surface area contributed by atoms with Crippen LogP contribution in [0.25, 0.3) is 10.8 Å². The Hall–Kier alpha value is -2.15. The van der Waals surface area contributed by atoms with Gasteiger partial charge in [-0.3, -0.25) is 4.98 Å². The van der Waals surface area contributed by atoms with Crippen LogP contribution < -0.4 is 0 Å². The van der Waals surface area contributed by atoms with Crippen molar-refractivity contribution in [2.45, 2.75) is 13.3 Å². The van der Waals surface area contributed by atoms with E-state index in [4.69, 9.17) is 0 Å². The van der Waals surface area contributed by atoms with Crippen LogP contribution in [0.5, 0.6) is 0 Å². The van der Waals surface area contributed by atoms with Gasteiger partial charge in [-0.05, 0) is 52.9 Å². The summed E-state index contributed by atoms with van der Waals surface area (Å²) in [6.07, 6.45) is 4.67. The van der Waals surface area contributed by atoms with Crippen LogP contribution in [0.15, 0.2) is 60.9 Å². The lowest BCUT2D eigenvalue weighted by Gasteiger charge is -2.07. The predicted octanol–water partition coefficient (Wildman–Crippen LogP) is 4.13. The van der Waals surface area contributed by atoms with Crippen molar-refractivity contribution in [2.24, 2.45) is 0 Å². The molecule has 1 heterocycles. The maximum absolute atomic E-state index is 4.05. The van der Waals surface area contributed by atoms with E-state index >= 15 is 0 Å². The summed E-state index contributed by atoms with van der Waals surface area (Å²) in [6, 6.07) is 17.3. The average Bonchev–Trinajstić information content (AvgIpc) is 2.40. The summed E-state index contributed by atoms with van der Waals surface area (Å²) in [5.74, 6) is 0. The molecule has 0 spiro atoms. The minimum Gasteiger partial charge on any atom is -0.265 e. The molecular formula is C17H15N. The molecule has 1 heteroatoms. The smallest absolute Gasteiger partial charge is 0.0270 e. The lowest BCUT2D eigenvalue weighted by Crippen LogP contribution is -1.90. The maximum Gasteiger partial charge on any atom is 0.0270 e. The number of rotatable bonds is 2. The maximum atomic E-state index is 4.05. The molecule has 1 nitrogen and oxygen atoms in total. The summed E-state index contributed by atoms with van der Waals surface area (Å²) in [4.78, 5) is 4.05. The van der Waals surface area contributed by atoms with Gasteiger partial charge in [-0.25, -0.2) is 0 Å². The zero-order chi connectivity index (χ0) is 12.4. The summed E-state index contributed by atoms with van der Waals surface area (Å²) in [6.45, 7) is 2.18. The summed E-state index contributed by atoms with van der Waals surface area (Å²) in [7, 11) is 0. The average molecular weight is 233 g/mol. The van der Waals surface area contributed by atoms with Crippen molar-refractivity contribution in [3.63, 3.8) is 0 Å². The number of hydrogen-bond donors (Lipinski definition) is 0. The number of benzene rings is 2. The SMILES string of the molecule is Cc1cc(Cc2ccncc2)cc2ccccc12. The number of nitrogens with zero attached hydrogens (tertiary/aromatic N) is 1. The van der Waals surface area contributed by atoms with Gasteiger partial charge in [0, 0.05) is 12.4 Å². The molecule has 3 rings (SSSR count). The highest BCUT2D eigenvalue weighted by molar-refractivity contribution is 5.86. The molecule has 0 atom stereocenters. The van der Waals surface area contributed by atoms with Crippen molar-refractivity contribution in [3.05, 3.63) is 77.6 Å². The van der Waals surface area contributed by atoms with Gasteiger partial charge in [0.1, 0.15) is 0 Å². The molecule has 0 saturated carbocycles. The monoisotopic (exact) mass is 233 g/mol. The van der Waals surface area contributed by atoms with Crippen molar-refractivity contribution in [1.82, 2.24) is 4.98 Å². The van der Waals surface area contributed by atoms with E-state index < -0.39 is 0 Å². The minimum absolute atomic E-state index is 0.966. The van der Waals surface area contributed by atoms with Crippen molar-refractivity contribution in [3.8, 4) is 0 Å². The summed E-state index contributed by atoms with van der Waals surface area (Å²) in [5.41, 5.74) is 4.01. The molecule has 3 aromatic rings. The Balaban J connectivity index is 2.03. The van der Waals surface area contributed by atoms with Crippen LogP contribution in [0.4, 0.5) is 0 Å². The molecule has 0 radical (unpaired) electrons. The summed E-state index contributed by atoms with van der Waals surface area (Å²) < 4.78 is 0. The van der Waals surface area contributed by atoms with Gasteiger partial charge in [-0.15, -0.1) is 0 Å². The lowest BCUT2D eigenvalue weighted by atomic mass is 9.98. The highest BCUT2D eigenvalue weighted by Gasteiger charge is 2.01. The van der Waals surface area contributed by atoms with E-state index in [1.807, 2.05) is 12.4 Å². The fourth-order valence-electron chi connectivity index (χ4n) is 2.42. The van der Waals surface area contributed by atoms with Gasteiger partial charge in [0.25, 0.3) is 0 Å². The second-order valence-corrected chi connectivity index (χ2v) is 4.67. The summed E-state index contributed by atoms with van der Waals surface area (Å²) in [5, 5.41) is 2.66. The minimum atomic E-state index is 0.966. The molecule has 0 bridgehead atoms.